The average molecular weight is 243 g/mol. The van der Waals surface area contributed by atoms with Gasteiger partial charge in [-0.1, -0.05) is 32.6 Å². The van der Waals surface area contributed by atoms with Crippen molar-refractivity contribution in [3.05, 3.63) is 0 Å². The molecule has 17 heavy (non-hydrogen) atoms. The highest BCUT2D eigenvalue weighted by atomic mass is 16.5. The van der Waals surface area contributed by atoms with Crippen molar-refractivity contribution in [1.82, 2.24) is 5.32 Å². The Morgan fingerprint density at radius 1 is 1.35 bits per heavy atom. The van der Waals surface area contributed by atoms with E-state index in [1.165, 1.54) is 32.1 Å². The van der Waals surface area contributed by atoms with E-state index in [4.69, 9.17) is 9.47 Å². The van der Waals surface area contributed by atoms with Crippen molar-refractivity contribution in [3.8, 4) is 0 Å². The van der Waals surface area contributed by atoms with Crippen LogP contribution >= 0.6 is 0 Å². The Morgan fingerprint density at radius 3 is 2.88 bits per heavy atom. The molecule has 3 heteroatoms. The molecule has 0 aliphatic carbocycles. The highest BCUT2D eigenvalue weighted by Crippen LogP contribution is 2.16. The van der Waals surface area contributed by atoms with Gasteiger partial charge in [-0.05, 0) is 26.8 Å². The van der Waals surface area contributed by atoms with E-state index in [2.05, 4.69) is 19.2 Å². The molecule has 3 nitrogen and oxygen atoms in total. The molecule has 0 saturated carbocycles. The minimum atomic E-state index is 0.231. The monoisotopic (exact) mass is 243 g/mol. The number of unbranched alkanes of at least 4 members (excludes halogenated alkanes) is 3. The molecular weight excluding hydrogens is 214 g/mol. The molecule has 0 aromatic carbocycles. The first-order chi connectivity index (χ1) is 8.27. The van der Waals surface area contributed by atoms with Gasteiger partial charge in [-0.3, -0.25) is 0 Å². The summed E-state index contributed by atoms with van der Waals surface area (Å²) in [5.41, 5.74) is 0. The normalized spacial score (nSPS) is 27.0. The van der Waals surface area contributed by atoms with E-state index in [1.54, 1.807) is 0 Å². The molecule has 1 heterocycles. The summed E-state index contributed by atoms with van der Waals surface area (Å²) in [5.74, 6) is 0. The van der Waals surface area contributed by atoms with E-state index in [0.29, 0.717) is 12.1 Å². The number of hydrogen-bond acceptors (Lipinski definition) is 3. The SMILES string of the molecule is CCCCCCC(C)OC1COCCC1NC. The lowest BCUT2D eigenvalue weighted by Crippen LogP contribution is -2.47. The Labute approximate surface area is 106 Å². The standard InChI is InChI=1S/C14H29NO2/c1-4-5-6-7-8-12(2)17-14-11-16-10-9-13(14)15-3/h12-15H,4-11H2,1-3H3. The summed E-state index contributed by atoms with van der Waals surface area (Å²) in [6, 6.07) is 0.460. The largest absolute Gasteiger partial charge is 0.379 e. The average Bonchev–Trinajstić information content (AvgIpc) is 2.35. The zero-order chi connectivity index (χ0) is 12.5. The molecule has 1 fully saturated rings. The van der Waals surface area contributed by atoms with E-state index in [-0.39, 0.29) is 6.10 Å². The van der Waals surface area contributed by atoms with Crippen LogP contribution in [0.4, 0.5) is 0 Å². The molecule has 0 amide bonds. The van der Waals surface area contributed by atoms with E-state index in [1.807, 2.05) is 7.05 Å². The number of hydrogen-bond donors (Lipinski definition) is 1. The van der Waals surface area contributed by atoms with Gasteiger partial charge in [-0.2, -0.15) is 0 Å². The zero-order valence-corrected chi connectivity index (χ0v) is 11.7. The number of ether oxygens (including phenoxy) is 2. The summed E-state index contributed by atoms with van der Waals surface area (Å²) in [4.78, 5) is 0. The van der Waals surface area contributed by atoms with Crippen LogP contribution in [0.15, 0.2) is 0 Å². The highest BCUT2D eigenvalue weighted by Gasteiger charge is 2.26. The fourth-order valence-electron chi connectivity index (χ4n) is 2.40. The predicted molar refractivity (Wildman–Crippen MR) is 71.4 cm³/mol. The predicted octanol–water partition coefficient (Wildman–Crippen LogP) is 2.74. The summed E-state index contributed by atoms with van der Waals surface area (Å²) in [7, 11) is 2.01. The van der Waals surface area contributed by atoms with Gasteiger partial charge in [-0.25, -0.2) is 0 Å². The Bertz CT molecular complexity index is 187. The van der Waals surface area contributed by atoms with Crippen LogP contribution in [0.2, 0.25) is 0 Å². The van der Waals surface area contributed by atoms with Crippen LogP contribution in [0.3, 0.4) is 0 Å². The Morgan fingerprint density at radius 2 is 2.18 bits per heavy atom. The van der Waals surface area contributed by atoms with Gasteiger partial charge < -0.3 is 14.8 Å². The lowest BCUT2D eigenvalue weighted by Gasteiger charge is -2.33. The molecule has 0 aromatic heterocycles. The summed E-state index contributed by atoms with van der Waals surface area (Å²) in [6.07, 6.45) is 8.08. The van der Waals surface area contributed by atoms with Crippen LogP contribution in [-0.2, 0) is 9.47 Å². The van der Waals surface area contributed by atoms with Gasteiger partial charge in [0.1, 0.15) is 0 Å². The third kappa shape index (κ3) is 5.84. The van der Waals surface area contributed by atoms with Crippen molar-refractivity contribution in [2.45, 2.75) is 70.6 Å². The second-order valence-electron chi connectivity index (χ2n) is 5.09. The van der Waals surface area contributed by atoms with Crippen molar-refractivity contribution < 1.29 is 9.47 Å². The van der Waals surface area contributed by atoms with Crippen LogP contribution in [0.1, 0.15) is 52.4 Å². The third-order valence-electron chi connectivity index (χ3n) is 3.55. The smallest absolute Gasteiger partial charge is 0.0965 e. The highest BCUT2D eigenvalue weighted by molar-refractivity contribution is 4.80. The first kappa shape index (κ1) is 14.9. The maximum atomic E-state index is 6.09. The molecule has 3 atom stereocenters. The molecule has 0 spiro atoms. The summed E-state index contributed by atoms with van der Waals surface area (Å²) in [6.45, 7) is 6.03. The van der Waals surface area contributed by atoms with Gasteiger partial charge in [0.25, 0.3) is 0 Å². The Hall–Kier alpha value is -0.120. The zero-order valence-electron chi connectivity index (χ0n) is 11.7. The van der Waals surface area contributed by atoms with E-state index < -0.39 is 0 Å². The van der Waals surface area contributed by atoms with Gasteiger partial charge in [0.2, 0.25) is 0 Å². The van der Waals surface area contributed by atoms with Gasteiger partial charge in [0.15, 0.2) is 0 Å². The van der Waals surface area contributed by atoms with E-state index in [9.17, 15) is 0 Å². The van der Waals surface area contributed by atoms with Crippen molar-refractivity contribution in [1.29, 1.82) is 0 Å². The molecule has 1 N–H and O–H groups in total. The molecule has 0 radical (unpaired) electrons. The van der Waals surface area contributed by atoms with Gasteiger partial charge >= 0.3 is 0 Å². The first-order valence-electron chi connectivity index (χ1n) is 7.18. The maximum absolute atomic E-state index is 6.09. The topological polar surface area (TPSA) is 30.5 Å². The van der Waals surface area contributed by atoms with Crippen molar-refractivity contribution in [2.75, 3.05) is 20.3 Å². The van der Waals surface area contributed by atoms with Crippen LogP contribution in [0, 0.1) is 0 Å². The summed E-state index contributed by atoms with van der Waals surface area (Å²) >= 11 is 0. The van der Waals surface area contributed by atoms with Crippen molar-refractivity contribution in [2.24, 2.45) is 0 Å². The maximum Gasteiger partial charge on any atom is 0.0965 e. The van der Waals surface area contributed by atoms with Crippen molar-refractivity contribution >= 4 is 0 Å². The minimum absolute atomic E-state index is 0.231. The molecule has 0 bridgehead atoms. The molecule has 1 rings (SSSR count). The molecule has 1 aliphatic heterocycles. The number of nitrogens with one attached hydrogen (secondary N) is 1. The number of rotatable bonds is 8. The molecule has 0 aromatic rings. The molecule has 102 valence electrons. The Balaban J connectivity index is 2.16. The van der Waals surface area contributed by atoms with Crippen LogP contribution in [0.5, 0.6) is 0 Å². The molecular formula is C14H29NO2. The lowest BCUT2D eigenvalue weighted by molar-refractivity contribution is -0.0958. The van der Waals surface area contributed by atoms with Gasteiger partial charge in [-0.15, -0.1) is 0 Å². The fourth-order valence-corrected chi connectivity index (χ4v) is 2.40. The van der Waals surface area contributed by atoms with Crippen LogP contribution < -0.4 is 5.32 Å². The number of likely N-dealkylation sites (N-methyl/N-ethyl adjacent to an activating group) is 1. The summed E-state index contributed by atoms with van der Waals surface area (Å²) < 4.78 is 11.6. The first-order valence-corrected chi connectivity index (χ1v) is 7.18. The van der Waals surface area contributed by atoms with Crippen LogP contribution in [-0.4, -0.2) is 38.5 Å². The van der Waals surface area contributed by atoms with Gasteiger partial charge in [0, 0.05) is 12.6 Å². The van der Waals surface area contributed by atoms with Crippen molar-refractivity contribution in [3.63, 3.8) is 0 Å². The minimum Gasteiger partial charge on any atom is -0.379 e. The molecule has 3 unspecified atom stereocenters. The van der Waals surface area contributed by atoms with E-state index >= 15 is 0 Å². The van der Waals surface area contributed by atoms with E-state index in [0.717, 1.165) is 19.6 Å². The van der Waals surface area contributed by atoms with Gasteiger partial charge in [0.05, 0.1) is 18.8 Å². The summed E-state index contributed by atoms with van der Waals surface area (Å²) in [5, 5.41) is 3.33. The van der Waals surface area contributed by atoms with Crippen LogP contribution in [0.25, 0.3) is 0 Å². The second-order valence-corrected chi connectivity index (χ2v) is 5.09. The fraction of sp³-hybridized carbons (Fsp3) is 1.00. The quantitative estimate of drug-likeness (QED) is 0.665. The second kappa shape index (κ2) is 8.90. The third-order valence-corrected chi connectivity index (χ3v) is 3.55. The molecule has 1 aliphatic rings. The lowest BCUT2D eigenvalue weighted by atomic mass is 10.1. The Kier molecular flexibility index (Phi) is 7.82. The molecule has 1 saturated heterocycles.